The van der Waals surface area contributed by atoms with Crippen LogP contribution in [0.25, 0.3) is 0 Å². The quantitative estimate of drug-likeness (QED) is 0.550. The summed E-state index contributed by atoms with van der Waals surface area (Å²) in [5.74, 6) is 0. The Morgan fingerprint density at radius 2 is 1.85 bits per heavy atom. The maximum absolute atomic E-state index is 12.7. The van der Waals surface area contributed by atoms with E-state index in [1.54, 1.807) is 26.0 Å². The highest BCUT2D eigenvalue weighted by Crippen LogP contribution is 2.29. The van der Waals surface area contributed by atoms with Gasteiger partial charge in [-0.3, -0.25) is 14.8 Å². The first-order valence-corrected chi connectivity index (χ1v) is 9.64. The van der Waals surface area contributed by atoms with Gasteiger partial charge in [-0.25, -0.2) is 8.42 Å². The lowest BCUT2D eigenvalue weighted by Gasteiger charge is -2.14. The van der Waals surface area contributed by atoms with Gasteiger partial charge in [0.2, 0.25) is 0 Å². The highest BCUT2D eigenvalue weighted by Gasteiger charge is 2.22. The molecule has 0 aliphatic rings. The second-order valence-corrected chi connectivity index (χ2v) is 7.95. The molecule has 0 aromatic heterocycles. The highest BCUT2D eigenvalue weighted by atomic mass is 32.2. The number of nitrogens with one attached hydrogen (secondary N) is 2. The monoisotopic (exact) mass is 388 g/mol. The summed E-state index contributed by atoms with van der Waals surface area (Å²) in [6.45, 7) is 5.38. The number of anilines is 2. The molecule has 2 rings (SSSR count). The number of hydrogen-bond acceptors (Lipinski definition) is 6. The van der Waals surface area contributed by atoms with Gasteiger partial charge in [-0.05, 0) is 44.5 Å². The van der Waals surface area contributed by atoms with E-state index in [2.05, 4.69) is 10.0 Å². The molecule has 1 atom stereocenters. The molecule has 2 N–H and O–H groups in total. The van der Waals surface area contributed by atoms with Crippen LogP contribution in [0, 0.1) is 35.3 Å². The van der Waals surface area contributed by atoms with Crippen molar-refractivity contribution in [1.82, 2.24) is 0 Å². The number of nitro benzene ring substituents is 1. The molecule has 0 heterocycles. The first-order valence-electron chi connectivity index (χ1n) is 8.16. The summed E-state index contributed by atoms with van der Waals surface area (Å²) in [5.41, 5.74) is 1.94. The molecule has 0 amide bonds. The lowest BCUT2D eigenvalue weighted by molar-refractivity contribution is -0.384. The zero-order chi connectivity index (χ0) is 20.2. The van der Waals surface area contributed by atoms with Crippen molar-refractivity contribution < 1.29 is 13.3 Å². The van der Waals surface area contributed by atoms with Crippen molar-refractivity contribution in [3.63, 3.8) is 0 Å². The zero-order valence-corrected chi connectivity index (χ0v) is 16.0. The van der Waals surface area contributed by atoms with Crippen LogP contribution in [-0.4, -0.2) is 19.4 Å². The Labute approximate surface area is 158 Å². The van der Waals surface area contributed by atoms with Crippen molar-refractivity contribution in [3.8, 4) is 6.07 Å². The van der Waals surface area contributed by atoms with Gasteiger partial charge in [0.1, 0.15) is 5.69 Å². The van der Waals surface area contributed by atoms with Crippen LogP contribution in [0.1, 0.15) is 24.5 Å². The van der Waals surface area contributed by atoms with Gasteiger partial charge in [0.15, 0.2) is 0 Å². The summed E-state index contributed by atoms with van der Waals surface area (Å²) in [6.07, 6.45) is 0.158. The molecule has 8 nitrogen and oxygen atoms in total. The van der Waals surface area contributed by atoms with Crippen molar-refractivity contribution in [2.75, 3.05) is 10.0 Å². The van der Waals surface area contributed by atoms with Gasteiger partial charge in [0.25, 0.3) is 15.7 Å². The topological polar surface area (TPSA) is 125 Å². The van der Waals surface area contributed by atoms with Crippen molar-refractivity contribution in [3.05, 3.63) is 57.6 Å². The minimum Gasteiger partial charge on any atom is -0.376 e. The van der Waals surface area contributed by atoms with E-state index in [9.17, 15) is 18.5 Å². The van der Waals surface area contributed by atoms with E-state index in [0.717, 1.165) is 17.2 Å². The summed E-state index contributed by atoms with van der Waals surface area (Å²) in [4.78, 5) is 10.5. The van der Waals surface area contributed by atoms with Gasteiger partial charge in [0.05, 0.1) is 28.0 Å². The van der Waals surface area contributed by atoms with Crippen LogP contribution in [0.3, 0.4) is 0 Å². The van der Waals surface area contributed by atoms with Gasteiger partial charge in [-0.15, -0.1) is 0 Å². The lowest BCUT2D eigenvalue weighted by atomic mass is 10.1. The number of hydrogen-bond donors (Lipinski definition) is 2. The smallest absolute Gasteiger partial charge is 0.293 e. The number of nitro groups is 1. The van der Waals surface area contributed by atoms with Crippen LogP contribution in [0.2, 0.25) is 0 Å². The second-order valence-electron chi connectivity index (χ2n) is 6.27. The summed E-state index contributed by atoms with van der Waals surface area (Å²) in [6, 6.07) is 10.6. The molecule has 9 heteroatoms. The van der Waals surface area contributed by atoms with E-state index >= 15 is 0 Å². The molecule has 2 aromatic rings. The molecule has 142 valence electrons. The molecule has 0 saturated heterocycles. The standard InChI is InChI=1S/C18H20N4O4S/c1-12-4-6-16(13(2)10-12)21-27(25,26)15-5-7-17(18(11-15)22(23)24)20-14(3)8-9-19/h4-7,10-11,14,20-21H,8H2,1-3H3/t14-/m0/s1. The van der Waals surface area contributed by atoms with Crippen LogP contribution >= 0.6 is 0 Å². The van der Waals surface area contributed by atoms with Crippen LogP contribution in [-0.2, 0) is 10.0 Å². The maximum Gasteiger partial charge on any atom is 0.293 e. The average molecular weight is 388 g/mol. The molecule has 27 heavy (non-hydrogen) atoms. The van der Waals surface area contributed by atoms with Crippen molar-refractivity contribution >= 4 is 27.1 Å². The third-order valence-electron chi connectivity index (χ3n) is 3.90. The van der Waals surface area contributed by atoms with Crippen LogP contribution in [0.15, 0.2) is 41.3 Å². The third kappa shape index (κ3) is 4.95. The van der Waals surface area contributed by atoms with Gasteiger partial charge in [-0.2, -0.15) is 5.26 Å². The minimum absolute atomic E-state index is 0.158. The summed E-state index contributed by atoms with van der Waals surface area (Å²) in [7, 11) is -3.99. The first kappa shape index (κ1) is 20.2. The van der Waals surface area contributed by atoms with Crippen LogP contribution < -0.4 is 10.0 Å². The van der Waals surface area contributed by atoms with Crippen molar-refractivity contribution in [2.45, 2.75) is 38.1 Å². The van der Waals surface area contributed by atoms with E-state index < -0.39 is 14.9 Å². The maximum atomic E-state index is 12.7. The van der Waals surface area contributed by atoms with Gasteiger partial charge < -0.3 is 5.32 Å². The molecule has 2 aromatic carbocycles. The van der Waals surface area contributed by atoms with Crippen LogP contribution in [0.5, 0.6) is 0 Å². The van der Waals surface area contributed by atoms with E-state index in [1.165, 1.54) is 12.1 Å². The number of nitriles is 1. The molecular formula is C18H20N4O4S. The third-order valence-corrected chi connectivity index (χ3v) is 5.26. The Morgan fingerprint density at radius 1 is 1.19 bits per heavy atom. The van der Waals surface area contributed by atoms with Gasteiger partial charge >= 0.3 is 0 Å². The largest absolute Gasteiger partial charge is 0.376 e. The van der Waals surface area contributed by atoms with E-state index in [4.69, 9.17) is 5.26 Å². The predicted molar refractivity (Wildman–Crippen MR) is 103 cm³/mol. The predicted octanol–water partition coefficient (Wildman–Crippen LogP) is 3.73. The normalized spacial score (nSPS) is 12.1. The zero-order valence-electron chi connectivity index (χ0n) is 15.2. The van der Waals surface area contributed by atoms with Crippen molar-refractivity contribution in [2.24, 2.45) is 0 Å². The molecule has 0 bridgehead atoms. The number of sulfonamides is 1. The lowest BCUT2D eigenvalue weighted by Crippen LogP contribution is -2.17. The SMILES string of the molecule is Cc1ccc(NS(=O)(=O)c2ccc(N[C@@H](C)CC#N)c([N+](=O)[O-])c2)c(C)c1. The van der Waals surface area contributed by atoms with Crippen molar-refractivity contribution in [1.29, 1.82) is 5.26 Å². The average Bonchev–Trinajstić information content (AvgIpc) is 2.57. The summed E-state index contributed by atoms with van der Waals surface area (Å²) < 4.78 is 27.8. The number of aryl methyl sites for hydroxylation is 2. The molecule has 0 unspecified atom stereocenters. The highest BCUT2D eigenvalue weighted by molar-refractivity contribution is 7.92. The molecule has 0 fully saturated rings. The Hall–Kier alpha value is -3.12. The van der Waals surface area contributed by atoms with Gasteiger partial charge in [0, 0.05) is 12.1 Å². The van der Waals surface area contributed by atoms with Gasteiger partial charge in [-0.1, -0.05) is 17.7 Å². The van der Waals surface area contributed by atoms with E-state index in [0.29, 0.717) is 5.69 Å². The molecule has 0 aliphatic heterocycles. The number of rotatable bonds is 7. The van der Waals surface area contributed by atoms with E-state index in [1.807, 2.05) is 19.1 Å². The fourth-order valence-electron chi connectivity index (χ4n) is 2.54. The minimum atomic E-state index is -3.99. The second kappa shape index (κ2) is 8.05. The molecule has 0 saturated carbocycles. The Balaban J connectivity index is 2.38. The Morgan fingerprint density at radius 3 is 2.44 bits per heavy atom. The number of nitrogens with zero attached hydrogens (tertiary/aromatic N) is 2. The Kier molecular flexibility index (Phi) is 6.02. The molecule has 0 aliphatic carbocycles. The first-order chi connectivity index (χ1) is 12.6. The number of benzene rings is 2. The summed E-state index contributed by atoms with van der Waals surface area (Å²) >= 11 is 0. The molecule has 0 spiro atoms. The fourth-order valence-corrected chi connectivity index (χ4v) is 3.69. The summed E-state index contributed by atoms with van der Waals surface area (Å²) in [5, 5.41) is 22.9. The fraction of sp³-hybridized carbons (Fsp3) is 0.278. The van der Waals surface area contributed by atoms with E-state index in [-0.39, 0.29) is 28.7 Å². The molecular weight excluding hydrogens is 368 g/mol. The Bertz CT molecular complexity index is 1010. The molecule has 0 radical (unpaired) electrons. The van der Waals surface area contributed by atoms with Crippen LogP contribution in [0.4, 0.5) is 17.1 Å².